The Morgan fingerprint density at radius 1 is 1.11 bits per heavy atom. The fraction of sp³-hybridized carbons (Fsp3) is 0.423. The van der Waals surface area contributed by atoms with Gasteiger partial charge in [-0.1, -0.05) is 17.7 Å². The van der Waals surface area contributed by atoms with Gasteiger partial charge in [0.2, 0.25) is 5.91 Å². The van der Waals surface area contributed by atoms with Crippen molar-refractivity contribution in [2.24, 2.45) is 5.41 Å². The SMILES string of the molecule is CNC(=O)C1CC2(CCN(c3ccc(C#N)c(C(F)(F)F)c3)CC2)CN1C(=O)c1ccc(C)cc1. The van der Waals surface area contributed by atoms with Gasteiger partial charge in [0, 0.05) is 37.9 Å². The van der Waals surface area contributed by atoms with E-state index in [-0.39, 0.29) is 17.2 Å². The number of hydrogen-bond acceptors (Lipinski definition) is 4. The van der Waals surface area contributed by atoms with Gasteiger partial charge in [-0.05, 0) is 61.9 Å². The van der Waals surface area contributed by atoms with Crippen molar-refractivity contribution in [3.05, 3.63) is 64.7 Å². The molecule has 4 rings (SSSR count). The largest absolute Gasteiger partial charge is 0.417 e. The van der Waals surface area contributed by atoms with Crippen LogP contribution in [0.5, 0.6) is 0 Å². The summed E-state index contributed by atoms with van der Waals surface area (Å²) in [7, 11) is 1.55. The van der Waals surface area contributed by atoms with Gasteiger partial charge in [0.15, 0.2) is 0 Å². The molecule has 2 fully saturated rings. The maximum absolute atomic E-state index is 13.4. The zero-order valence-corrected chi connectivity index (χ0v) is 19.7. The molecule has 6 nitrogen and oxygen atoms in total. The maximum Gasteiger partial charge on any atom is 0.417 e. The Kier molecular flexibility index (Phi) is 6.50. The van der Waals surface area contributed by atoms with E-state index < -0.39 is 23.3 Å². The van der Waals surface area contributed by atoms with E-state index in [0.717, 1.165) is 11.6 Å². The second kappa shape index (κ2) is 9.25. The number of likely N-dealkylation sites (tertiary alicyclic amines) is 1. The molecule has 0 radical (unpaired) electrons. The number of nitriles is 1. The van der Waals surface area contributed by atoms with Crippen LogP contribution in [0.4, 0.5) is 18.9 Å². The van der Waals surface area contributed by atoms with E-state index in [2.05, 4.69) is 5.32 Å². The molecule has 2 amide bonds. The van der Waals surface area contributed by atoms with E-state index in [1.165, 1.54) is 6.07 Å². The Hall–Kier alpha value is -3.54. The van der Waals surface area contributed by atoms with E-state index in [4.69, 9.17) is 5.26 Å². The smallest absolute Gasteiger partial charge is 0.371 e. The zero-order chi connectivity index (χ0) is 25.4. The number of likely N-dealkylation sites (N-methyl/N-ethyl adjacent to an activating group) is 1. The van der Waals surface area contributed by atoms with Crippen LogP contribution >= 0.6 is 0 Å². The lowest BCUT2D eigenvalue weighted by molar-refractivity contribution is -0.137. The van der Waals surface area contributed by atoms with Crippen molar-refractivity contribution in [1.29, 1.82) is 5.26 Å². The Morgan fingerprint density at radius 2 is 1.77 bits per heavy atom. The Morgan fingerprint density at radius 3 is 2.34 bits per heavy atom. The number of nitrogens with one attached hydrogen (secondary N) is 1. The number of benzene rings is 2. The van der Waals surface area contributed by atoms with E-state index in [0.29, 0.717) is 50.1 Å². The molecular weight excluding hydrogens is 457 g/mol. The normalized spacial score (nSPS) is 19.5. The average molecular weight is 485 g/mol. The van der Waals surface area contributed by atoms with Crippen LogP contribution in [0.15, 0.2) is 42.5 Å². The molecule has 2 saturated heterocycles. The number of aryl methyl sites for hydroxylation is 1. The van der Waals surface area contributed by atoms with E-state index >= 15 is 0 Å². The molecule has 35 heavy (non-hydrogen) atoms. The molecule has 1 N–H and O–H groups in total. The highest BCUT2D eigenvalue weighted by atomic mass is 19.4. The molecule has 0 aromatic heterocycles. The summed E-state index contributed by atoms with van der Waals surface area (Å²) in [5.74, 6) is -0.411. The number of nitrogens with zero attached hydrogens (tertiary/aromatic N) is 3. The number of rotatable bonds is 3. The molecule has 2 heterocycles. The van der Waals surface area contributed by atoms with Gasteiger partial charge in [0.05, 0.1) is 17.2 Å². The molecule has 2 aromatic rings. The van der Waals surface area contributed by atoms with Crippen molar-refractivity contribution >= 4 is 17.5 Å². The van der Waals surface area contributed by atoms with Crippen LogP contribution in [0.2, 0.25) is 0 Å². The minimum Gasteiger partial charge on any atom is -0.371 e. The first-order valence-corrected chi connectivity index (χ1v) is 11.5. The number of amides is 2. The predicted molar refractivity (Wildman–Crippen MR) is 125 cm³/mol. The standard InChI is InChI=1S/C26H27F3N4O2/c1-17-3-5-18(6-4-17)24(35)33-16-25(14-22(33)23(34)31-2)9-11-32(12-10-25)20-8-7-19(15-30)21(13-20)26(27,28)29/h3-8,13,22H,9-12,14,16H2,1-2H3,(H,31,34). The molecule has 0 aliphatic carbocycles. The van der Waals surface area contributed by atoms with Crippen molar-refractivity contribution in [3.63, 3.8) is 0 Å². The number of piperidine rings is 1. The average Bonchev–Trinajstić information content (AvgIpc) is 3.22. The van der Waals surface area contributed by atoms with Crippen LogP contribution in [0.3, 0.4) is 0 Å². The molecular formula is C26H27F3N4O2. The van der Waals surface area contributed by atoms with Crippen molar-refractivity contribution < 1.29 is 22.8 Å². The predicted octanol–water partition coefficient (Wildman–Crippen LogP) is 4.13. The molecule has 0 bridgehead atoms. The van der Waals surface area contributed by atoms with Gasteiger partial charge >= 0.3 is 6.18 Å². The molecule has 184 valence electrons. The summed E-state index contributed by atoms with van der Waals surface area (Å²) in [5, 5.41) is 11.7. The number of anilines is 1. The lowest BCUT2D eigenvalue weighted by atomic mass is 9.76. The lowest BCUT2D eigenvalue weighted by Gasteiger charge is -2.40. The van der Waals surface area contributed by atoms with Gasteiger partial charge in [-0.15, -0.1) is 0 Å². The molecule has 2 aromatic carbocycles. The molecule has 9 heteroatoms. The third kappa shape index (κ3) is 4.83. The Labute approximate surface area is 202 Å². The van der Waals surface area contributed by atoms with Gasteiger partial charge in [-0.2, -0.15) is 18.4 Å². The highest BCUT2D eigenvalue weighted by molar-refractivity contribution is 5.98. The molecule has 2 aliphatic rings. The van der Waals surface area contributed by atoms with Crippen LogP contribution in [-0.4, -0.2) is 49.4 Å². The molecule has 1 unspecified atom stereocenters. The zero-order valence-electron chi connectivity index (χ0n) is 19.7. The first-order valence-electron chi connectivity index (χ1n) is 11.5. The van der Waals surface area contributed by atoms with Gasteiger partial charge in [-0.25, -0.2) is 0 Å². The summed E-state index contributed by atoms with van der Waals surface area (Å²) >= 11 is 0. The third-order valence-electron chi connectivity index (χ3n) is 7.24. The van der Waals surface area contributed by atoms with E-state index in [9.17, 15) is 22.8 Å². The van der Waals surface area contributed by atoms with Crippen LogP contribution in [0.25, 0.3) is 0 Å². The number of halogens is 3. The third-order valence-corrected chi connectivity index (χ3v) is 7.24. The van der Waals surface area contributed by atoms with Crippen LogP contribution in [0.1, 0.15) is 46.3 Å². The van der Waals surface area contributed by atoms with E-state index in [1.807, 2.05) is 24.0 Å². The summed E-state index contributed by atoms with van der Waals surface area (Å²) in [6, 6.07) is 12.0. The Balaban J connectivity index is 1.53. The second-order valence-corrected chi connectivity index (χ2v) is 9.46. The van der Waals surface area contributed by atoms with Gasteiger partial charge in [0.1, 0.15) is 6.04 Å². The fourth-order valence-corrected chi connectivity index (χ4v) is 5.20. The Bertz CT molecular complexity index is 1160. The summed E-state index contributed by atoms with van der Waals surface area (Å²) in [4.78, 5) is 29.5. The topological polar surface area (TPSA) is 76.4 Å². The minimum atomic E-state index is -4.61. The van der Waals surface area contributed by atoms with Gasteiger partial charge < -0.3 is 15.1 Å². The second-order valence-electron chi connectivity index (χ2n) is 9.46. The summed E-state index contributed by atoms with van der Waals surface area (Å²) in [5.41, 5.74) is 0.354. The number of carbonyl (C=O) groups is 2. The first-order chi connectivity index (χ1) is 16.6. The summed E-state index contributed by atoms with van der Waals surface area (Å²) < 4.78 is 40.2. The molecule has 0 saturated carbocycles. The first kappa shape index (κ1) is 24.6. The number of alkyl halides is 3. The van der Waals surface area contributed by atoms with E-state index in [1.54, 1.807) is 36.2 Å². The molecule has 1 spiro atoms. The van der Waals surface area contributed by atoms with Crippen molar-refractivity contribution in [3.8, 4) is 6.07 Å². The monoisotopic (exact) mass is 484 g/mol. The minimum absolute atomic E-state index is 0.195. The highest BCUT2D eigenvalue weighted by Gasteiger charge is 2.49. The molecule has 1 atom stereocenters. The number of hydrogen-bond donors (Lipinski definition) is 1. The maximum atomic E-state index is 13.4. The van der Waals surface area contributed by atoms with Crippen molar-refractivity contribution in [2.75, 3.05) is 31.6 Å². The van der Waals surface area contributed by atoms with Gasteiger partial charge in [-0.3, -0.25) is 9.59 Å². The quantitative estimate of drug-likeness (QED) is 0.711. The number of carbonyl (C=O) groups excluding carboxylic acids is 2. The highest BCUT2D eigenvalue weighted by Crippen LogP contribution is 2.45. The molecule has 2 aliphatic heterocycles. The van der Waals surface area contributed by atoms with Crippen LogP contribution in [0, 0.1) is 23.7 Å². The summed E-state index contributed by atoms with van der Waals surface area (Å²) in [6.07, 6.45) is -2.82. The lowest BCUT2D eigenvalue weighted by Crippen LogP contribution is -2.45. The van der Waals surface area contributed by atoms with Crippen LogP contribution in [-0.2, 0) is 11.0 Å². The van der Waals surface area contributed by atoms with Crippen LogP contribution < -0.4 is 10.2 Å². The fourth-order valence-electron chi connectivity index (χ4n) is 5.20. The summed E-state index contributed by atoms with van der Waals surface area (Å²) in [6.45, 7) is 3.35. The van der Waals surface area contributed by atoms with Crippen molar-refractivity contribution in [2.45, 2.75) is 38.4 Å². The van der Waals surface area contributed by atoms with Crippen molar-refractivity contribution in [1.82, 2.24) is 10.2 Å². The van der Waals surface area contributed by atoms with Gasteiger partial charge in [0.25, 0.3) is 5.91 Å².